The molecule has 2 saturated heterocycles. The lowest BCUT2D eigenvalue weighted by Gasteiger charge is -2.42. The highest BCUT2D eigenvalue weighted by molar-refractivity contribution is 5.96. The van der Waals surface area contributed by atoms with Gasteiger partial charge >= 0.3 is 5.97 Å². The molecule has 14 atom stereocenters. The normalized spacial score (nSPS) is 40.8. The van der Waals surface area contributed by atoms with Crippen LogP contribution in [0.15, 0.2) is 0 Å². The highest BCUT2D eigenvalue weighted by Gasteiger charge is 2.50. The number of carboxylic acid groups (broad SMARTS) is 1. The van der Waals surface area contributed by atoms with E-state index in [1.54, 1.807) is 0 Å². The fraction of sp³-hybridized carbons (Fsp3) is 0.895. The van der Waals surface area contributed by atoms with Crippen LogP contribution in [0.5, 0.6) is 0 Å². The van der Waals surface area contributed by atoms with Crippen LogP contribution in [0.4, 0.5) is 0 Å². The van der Waals surface area contributed by atoms with Crippen LogP contribution in [0, 0.1) is 0 Å². The summed E-state index contributed by atoms with van der Waals surface area (Å²) < 4.78 is 20.7. The molecule has 0 radical (unpaired) electrons. The number of rotatable bonds is 12. The number of aliphatic carboxylic acids is 1. The SMILES string of the molecule is O=C[C@@](O)(C(=O)O)[C@@H](O)[C@H](O)[C@H](O)CO[C@H]1O[C@H](CO[C@H]2O[C@H](CO)[C@@H](O)[C@H](O)[C@H]2O)[C@@H](O)[C@H](O)[C@H]1O. The second-order valence-corrected chi connectivity index (χ2v) is 8.63. The van der Waals surface area contributed by atoms with Crippen LogP contribution in [0.3, 0.4) is 0 Å². The molecular weight excluding hydrogens is 516 g/mol. The van der Waals surface area contributed by atoms with Gasteiger partial charge in [-0.2, -0.15) is 0 Å². The van der Waals surface area contributed by atoms with E-state index in [9.17, 15) is 65.8 Å². The minimum absolute atomic E-state index is 0.567. The van der Waals surface area contributed by atoms with Crippen LogP contribution in [-0.4, -0.2) is 179 Å². The van der Waals surface area contributed by atoms with Gasteiger partial charge in [0.15, 0.2) is 18.9 Å². The molecule has 37 heavy (non-hydrogen) atoms. The molecule has 12 N–H and O–H groups in total. The maximum absolute atomic E-state index is 11.0. The van der Waals surface area contributed by atoms with Crippen LogP contribution in [0.1, 0.15) is 0 Å². The standard InChI is InChI=1S/C19H32O18/c20-1-6-9(24)11(26)13(28)17(36-6)35-3-7-10(25)12(27)14(29)16(37-7)34-2-5(22)8(23)15(30)19(33,4-21)18(31)32/h4-17,20,22-30,33H,1-3H2,(H,31,32)/t5-,6-,7-,8-,9-,10-,11+,12+,13-,14-,15+,16+,17+,19+/m1/s1. The highest BCUT2D eigenvalue weighted by Crippen LogP contribution is 2.26. The highest BCUT2D eigenvalue weighted by atomic mass is 16.7. The predicted molar refractivity (Wildman–Crippen MR) is 109 cm³/mol. The summed E-state index contributed by atoms with van der Waals surface area (Å²) in [5, 5.41) is 117. The van der Waals surface area contributed by atoms with Crippen molar-refractivity contribution in [3.8, 4) is 0 Å². The molecule has 0 unspecified atom stereocenters. The Morgan fingerprint density at radius 3 is 1.81 bits per heavy atom. The smallest absolute Gasteiger partial charge is 0.346 e. The molecular formula is C19H32O18. The molecule has 0 aromatic heterocycles. The molecule has 0 saturated carbocycles. The molecule has 2 aliphatic rings. The van der Waals surface area contributed by atoms with Gasteiger partial charge < -0.3 is 80.2 Å². The number of hydrogen-bond acceptors (Lipinski definition) is 17. The number of ether oxygens (including phenoxy) is 4. The minimum atomic E-state index is -3.46. The van der Waals surface area contributed by atoms with Gasteiger partial charge in [-0.25, -0.2) is 4.79 Å². The molecule has 18 heteroatoms. The van der Waals surface area contributed by atoms with Crippen molar-refractivity contribution >= 4 is 12.3 Å². The van der Waals surface area contributed by atoms with E-state index in [0.29, 0.717) is 0 Å². The van der Waals surface area contributed by atoms with Crippen LogP contribution in [-0.2, 0) is 28.5 Å². The molecule has 2 rings (SSSR count). The number of carboxylic acids is 1. The lowest BCUT2D eigenvalue weighted by atomic mass is 9.91. The minimum Gasteiger partial charge on any atom is -0.479 e. The first kappa shape index (κ1) is 31.8. The Kier molecular flexibility index (Phi) is 11.2. The molecule has 0 aromatic carbocycles. The van der Waals surface area contributed by atoms with Crippen molar-refractivity contribution in [2.24, 2.45) is 0 Å². The lowest BCUT2D eigenvalue weighted by Crippen LogP contribution is -2.62. The van der Waals surface area contributed by atoms with Gasteiger partial charge in [0.25, 0.3) is 0 Å². The number of hydrogen-bond donors (Lipinski definition) is 12. The van der Waals surface area contributed by atoms with Crippen molar-refractivity contribution in [1.29, 1.82) is 0 Å². The summed E-state index contributed by atoms with van der Waals surface area (Å²) in [6.07, 6.45) is -25.0. The van der Waals surface area contributed by atoms with Crippen molar-refractivity contribution in [1.82, 2.24) is 0 Å². The molecule has 0 aliphatic carbocycles. The van der Waals surface area contributed by atoms with E-state index in [4.69, 9.17) is 24.1 Å². The zero-order chi connectivity index (χ0) is 28.2. The number of carbonyl (C=O) groups excluding carboxylic acids is 1. The third-order valence-corrected chi connectivity index (χ3v) is 6.06. The Hall–Kier alpha value is -1.46. The van der Waals surface area contributed by atoms with Gasteiger partial charge in [-0.1, -0.05) is 0 Å². The Labute approximate surface area is 208 Å². The van der Waals surface area contributed by atoms with Crippen molar-refractivity contribution in [3.05, 3.63) is 0 Å². The molecule has 0 spiro atoms. The number of carbonyl (C=O) groups is 2. The molecule has 2 aliphatic heterocycles. The van der Waals surface area contributed by atoms with Crippen LogP contribution in [0.25, 0.3) is 0 Å². The Balaban J connectivity index is 2.00. The summed E-state index contributed by atoms with van der Waals surface area (Å²) in [5.41, 5.74) is -3.46. The third kappa shape index (κ3) is 6.76. The number of aliphatic hydroxyl groups excluding tert-OH is 10. The van der Waals surface area contributed by atoms with Crippen molar-refractivity contribution in [2.75, 3.05) is 19.8 Å². The molecule has 216 valence electrons. The fourth-order valence-corrected chi connectivity index (χ4v) is 3.60. The van der Waals surface area contributed by atoms with Gasteiger partial charge in [-0.05, 0) is 0 Å². The van der Waals surface area contributed by atoms with Crippen LogP contribution < -0.4 is 0 Å². The number of aldehydes is 1. The van der Waals surface area contributed by atoms with Crippen LogP contribution in [0.2, 0.25) is 0 Å². The second-order valence-electron chi connectivity index (χ2n) is 8.63. The van der Waals surface area contributed by atoms with Gasteiger partial charge in [-0.3, -0.25) is 4.79 Å². The van der Waals surface area contributed by atoms with Crippen molar-refractivity contribution < 1.29 is 89.8 Å². The maximum Gasteiger partial charge on any atom is 0.346 e. The van der Waals surface area contributed by atoms with Gasteiger partial charge in [0.2, 0.25) is 5.60 Å². The van der Waals surface area contributed by atoms with E-state index in [1.165, 1.54) is 0 Å². The average Bonchev–Trinajstić information content (AvgIpc) is 2.88. The van der Waals surface area contributed by atoms with E-state index in [2.05, 4.69) is 0 Å². The summed E-state index contributed by atoms with van der Waals surface area (Å²) in [6.45, 7) is -2.44. The quantitative estimate of drug-likeness (QED) is 0.0795. The largest absolute Gasteiger partial charge is 0.479 e. The lowest BCUT2D eigenvalue weighted by molar-refractivity contribution is -0.333. The van der Waals surface area contributed by atoms with E-state index in [-0.39, 0.29) is 0 Å². The summed E-state index contributed by atoms with van der Waals surface area (Å²) in [7, 11) is 0. The van der Waals surface area contributed by atoms with E-state index in [0.717, 1.165) is 0 Å². The van der Waals surface area contributed by atoms with E-state index >= 15 is 0 Å². The first-order valence-electron chi connectivity index (χ1n) is 10.9. The van der Waals surface area contributed by atoms with Gasteiger partial charge in [-0.15, -0.1) is 0 Å². The third-order valence-electron chi connectivity index (χ3n) is 6.06. The fourth-order valence-electron chi connectivity index (χ4n) is 3.60. The zero-order valence-corrected chi connectivity index (χ0v) is 19.0. The summed E-state index contributed by atoms with van der Waals surface area (Å²) in [6, 6.07) is 0. The van der Waals surface area contributed by atoms with E-state index in [1.807, 2.05) is 0 Å². The zero-order valence-electron chi connectivity index (χ0n) is 19.0. The Morgan fingerprint density at radius 1 is 0.838 bits per heavy atom. The van der Waals surface area contributed by atoms with Gasteiger partial charge in [0.1, 0.15) is 67.1 Å². The summed E-state index contributed by atoms with van der Waals surface area (Å²) in [4.78, 5) is 21.9. The molecule has 0 bridgehead atoms. The maximum atomic E-state index is 11.0. The summed E-state index contributed by atoms with van der Waals surface area (Å²) in [5.74, 6) is -2.22. The molecule has 0 aromatic rings. The Bertz CT molecular complexity index is 753. The second kappa shape index (κ2) is 13.1. The number of aliphatic hydroxyl groups is 11. The molecule has 2 fully saturated rings. The van der Waals surface area contributed by atoms with Crippen LogP contribution >= 0.6 is 0 Å². The topological polar surface area (TPSA) is 314 Å². The molecule has 0 amide bonds. The van der Waals surface area contributed by atoms with Gasteiger partial charge in [0.05, 0.1) is 19.8 Å². The van der Waals surface area contributed by atoms with E-state index < -0.39 is 117 Å². The van der Waals surface area contributed by atoms with Crippen molar-refractivity contribution in [3.63, 3.8) is 0 Å². The average molecular weight is 548 g/mol. The molecule has 18 nitrogen and oxygen atoms in total. The molecule has 2 heterocycles. The predicted octanol–water partition coefficient (Wildman–Crippen LogP) is -8.28. The summed E-state index contributed by atoms with van der Waals surface area (Å²) >= 11 is 0. The van der Waals surface area contributed by atoms with Crippen molar-refractivity contribution in [2.45, 2.75) is 85.3 Å². The van der Waals surface area contributed by atoms with Gasteiger partial charge in [0, 0.05) is 0 Å². The first-order chi connectivity index (χ1) is 17.2. The first-order valence-corrected chi connectivity index (χ1v) is 10.9. The monoisotopic (exact) mass is 548 g/mol. The Morgan fingerprint density at radius 2 is 1.32 bits per heavy atom.